The second kappa shape index (κ2) is 7.43. The number of ketones is 2. The molecule has 1 aromatic heterocycles. The molecule has 0 fully saturated rings. The van der Waals surface area contributed by atoms with E-state index in [0.717, 1.165) is 48.0 Å². The topological polar surface area (TPSA) is 60.8 Å². The third-order valence-corrected chi connectivity index (χ3v) is 6.39. The summed E-state index contributed by atoms with van der Waals surface area (Å²) >= 11 is 0. The van der Waals surface area contributed by atoms with Crippen LogP contribution >= 0.6 is 0 Å². The van der Waals surface area contributed by atoms with Gasteiger partial charge in [-0.25, -0.2) is 0 Å². The average molecular weight is 406 g/mol. The number of nitrogens with zero attached hydrogens (tertiary/aromatic N) is 2. The molecule has 0 aliphatic carbocycles. The maximum atomic E-state index is 12.5. The van der Waals surface area contributed by atoms with E-state index in [2.05, 4.69) is 23.3 Å². The molecule has 0 spiro atoms. The Morgan fingerprint density at radius 2 is 1.33 bits per heavy atom. The van der Waals surface area contributed by atoms with Crippen LogP contribution in [0.4, 0.5) is 0 Å². The second-order valence-corrected chi connectivity index (χ2v) is 7.89. The van der Waals surface area contributed by atoms with Crippen molar-refractivity contribution in [3.8, 4) is 11.5 Å². The summed E-state index contributed by atoms with van der Waals surface area (Å²) in [4.78, 5) is 27.4. The summed E-state index contributed by atoms with van der Waals surface area (Å²) in [5.74, 6) is 1.46. The van der Waals surface area contributed by atoms with Crippen LogP contribution in [0.1, 0.15) is 47.4 Å². The Morgan fingerprint density at radius 3 is 1.80 bits per heavy atom. The third-order valence-electron chi connectivity index (χ3n) is 6.39. The molecule has 0 saturated carbocycles. The zero-order valence-corrected chi connectivity index (χ0v) is 17.5. The van der Waals surface area contributed by atoms with Gasteiger partial charge in [0.15, 0.2) is 11.6 Å². The number of ether oxygens (including phenoxy) is 2. The van der Waals surface area contributed by atoms with Crippen molar-refractivity contribution in [1.82, 2.24) is 9.47 Å². The molecule has 0 unspecified atom stereocenters. The van der Waals surface area contributed by atoms with E-state index in [9.17, 15) is 9.59 Å². The Hall–Kier alpha value is -2.86. The highest BCUT2D eigenvalue weighted by Crippen LogP contribution is 2.45. The summed E-state index contributed by atoms with van der Waals surface area (Å²) in [6.45, 7) is 8.81. The van der Waals surface area contributed by atoms with Crippen molar-refractivity contribution in [2.24, 2.45) is 0 Å². The smallest absolute Gasteiger partial charge is 0.170 e. The van der Waals surface area contributed by atoms with Gasteiger partial charge >= 0.3 is 0 Å². The summed E-state index contributed by atoms with van der Waals surface area (Å²) in [6.07, 6.45) is 0.790. The molecule has 2 aromatic carbocycles. The number of carbonyl (C=O) groups excluding carboxylic acids is 2. The first kappa shape index (κ1) is 19.1. The van der Waals surface area contributed by atoms with Crippen LogP contribution in [0.3, 0.4) is 0 Å². The van der Waals surface area contributed by atoms with Gasteiger partial charge in [0.2, 0.25) is 0 Å². The fourth-order valence-electron chi connectivity index (χ4n) is 4.73. The lowest BCUT2D eigenvalue weighted by Gasteiger charge is -2.20. The quantitative estimate of drug-likeness (QED) is 0.639. The number of hydrogen-bond donors (Lipinski definition) is 0. The molecular weight excluding hydrogens is 380 g/mol. The number of hydrogen-bond acceptors (Lipinski definition) is 5. The van der Waals surface area contributed by atoms with E-state index in [1.54, 1.807) is 0 Å². The fourth-order valence-corrected chi connectivity index (χ4v) is 4.73. The normalized spacial score (nSPS) is 16.0. The summed E-state index contributed by atoms with van der Waals surface area (Å²) in [5.41, 5.74) is 3.27. The number of Topliss-reactive ketones (excluding diaryl/α,β-unsaturated/α-hetero) is 2. The van der Waals surface area contributed by atoms with Gasteiger partial charge in [0.05, 0.1) is 46.1 Å². The Kier molecular flexibility index (Phi) is 4.74. The van der Waals surface area contributed by atoms with Gasteiger partial charge in [-0.15, -0.1) is 0 Å². The van der Waals surface area contributed by atoms with Gasteiger partial charge in [-0.2, -0.15) is 0 Å². The molecule has 0 saturated heterocycles. The van der Waals surface area contributed by atoms with E-state index in [1.807, 2.05) is 24.3 Å². The van der Waals surface area contributed by atoms with Crippen LogP contribution in [-0.4, -0.2) is 53.9 Å². The van der Waals surface area contributed by atoms with Gasteiger partial charge in [0.1, 0.15) is 11.5 Å². The minimum Gasteiger partial charge on any atom is -0.492 e. The van der Waals surface area contributed by atoms with Gasteiger partial charge in [-0.1, -0.05) is 13.8 Å². The molecule has 3 aromatic rings. The van der Waals surface area contributed by atoms with Crippen molar-refractivity contribution in [1.29, 1.82) is 0 Å². The molecule has 6 heteroatoms. The number of fused-ring (bicyclic) bond motifs is 7. The predicted octanol–water partition coefficient (Wildman–Crippen LogP) is 4.07. The van der Waals surface area contributed by atoms with Crippen LogP contribution in [0, 0.1) is 0 Å². The second-order valence-electron chi connectivity index (χ2n) is 7.89. The number of rotatable bonds is 5. The largest absolute Gasteiger partial charge is 0.492 e. The first-order valence-electron chi connectivity index (χ1n) is 10.8. The molecule has 0 radical (unpaired) electrons. The number of likely N-dealkylation sites (N-methyl/N-ethyl adjacent to an activating group) is 1. The summed E-state index contributed by atoms with van der Waals surface area (Å²) < 4.78 is 14.3. The Balaban J connectivity index is 1.81. The van der Waals surface area contributed by atoms with Crippen LogP contribution in [0.2, 0.25) is 0 Å². The van der Waals surface area contributed by atoms with Crippen molar-refractivity contribution < 1.29 is 19.1 Å². The minimum atomic E-state index is 0.101. The van der Waals surface area contributed by atoms with Crippen molar-refractivity contribution >= 4 is 33.4 Å². The average Bonchev–Trinajstić information content (AvgIpc) is 3.09. The highest BCUT2D eigenvalue weighted by molar-refractivity contribution is 6.20. The Labute approximate surface area is 175 Å². The van der Waals surface area contributed by atoms with Crippen LogP contribution in [0.5, 0.6) is 11.5 Å². The highest BCUT2D eigenvalue weighted by Gasteiger charge is 2.29. The molecule has 0 amide bonds. The molecule has 156 valence electrons. The van der Waals surface area contributed by atoms with Crippen LogP contribution in [-0.2, 0) is 6.54 Å². The molecule has 2 aliphatic rings. The standard InChI is InChI=1S/C24H26N2O4/c1-3-25(4-2)11-12-26-17-7-5-15-19(27)9-13-29-23(15)21(17)22-18(26)8-6-16-20(28)10-14-30-24(16)22/h5-8H,3-4,9-14H2,1-2H3. The van der Waals surface area contributed by atoms with E-state index in [4.69, 9.17) is 9.47 Å². The molecule has 5 rings (SSSR count). The third kappa shape index (κ3) is 2.82. The van der Waals surface area contributed by atoms with Crippen molar-refractivity contribution in [2.75, 3.05) is 32.8 Å². The molecule has 0 atom stereocenters. The monoisotopic (exact) mass is 406 g/mol. The molecule has 0 bridgehead atoms. The van der Waals surface area contributed by atoms with E-state index in [1.165, 1.54) is 0 Å². The van der Waals surface area contributed by atoms with Crippen LogP contribution in [0.25, 0.3) is 21.8 Å². The molecule has 3 heterocycles. The molecular formula is C24H26N2O4. The van der Waals surface area contributed by atoms with E-state index >= 15 is 0 Å². The number of aromatic nitrogens is 1. The van der Waals surface area contributed by atoms with Gasteiger partial charge in [-0.3, -0.25) is 9.59 Å². The lowest BCUT2D eigenvalue weighted by atomic mass is 9.97. The maximum Gasteiger partial charge on any atom is 0.170 e. The van der Waals surface area contributed by atoms with Crippen LogP contribution in [0.15, 0.2) is 24.3 Å². The zero-order valence-electron chi connectivity index (χ0n) is 17.5. The van der Waals surface area contributed by atoms with Crippen molar-refractivity contribution in [3.05, 3.63) is 35.4 Å². The van der Waals surface area contributed by atoms with Crippen molar-refractivity contribution in [2.45, 2.75) is 33.2 Å². The minimum absolute atomic E-state index is 0.101. The highest BCUT2D eigenvalue weighted by atomic mass is 16.5. The van der Waals surface area contributed by atoms with E-state index < -0.39 is 0 Å². The Bertz CT molecular complexity index is 1090. The first-order chi connectivity index (χ1) is 14.6. The van der Waals surface area contributed by atoms with Crippen LogP contribution < -0.4 is 9.47 Å². The SMILES string of the molecule is CCN(CC)CCn1c2ccc3c(c2c2c4c(ccc21)C(=O)CCO4)OCCC3=O. The van der Waals surface area contributed by atoms with E-state index in [0.29, 0.717) is 48.7 Å². The number of carbonyl (C=O) groups is 2. The van der Waals surface area contributed by atoms with Gasteiger partial charge in [0, 0.05) is 25.9 Å². The van der Waals surface area contributed by atoms with Gasteiger partial charge in [0.25, 0.3) is 0 Å². The predicted molar refractivity (Wildman–Crippen MR) is 116 cm³/mol. The fraction of sp³-hybridized carbons (Fsp3) is 0.417. The molecule has 0 N–H and O–H groups in total. The molecule has 6 nitrogen and oxygen atoms in total. The maximum absolute atomic E-state index is 12.5. The van der Waals surface area contributed by atoms with Gasteiger partial charge in [-0.05, 0) is 37.4 Å². The van der Waals surface area contributed by atoms with Crippen molar-refractivity contribution in [3.63, 3.8) is 0 Å². The zero-order chi connectivity index (χ0) is 20.8. The number of benzene rings is 2. The lowest BCUT2D eigenvalue weighted by Crippen LogP contribution is -2.27. The van der Waals surface area contributed by atoms with E-state index in [-0.39, 0.29) is 11.6 Å². The Morgan fingerprint density at radius 1 is 0.833 bits per heavy atom. The molecule has 30 heavy (non-hydrogen) atoms. The van der Waals surface area contributed by atoms with Gasteiger partial charge < -0.3 is 18.9 Å². The lowest BCUT2D eigenvalue weighted by molar-refractivity contribution is 0.0925. The molecule has 2 aliphatic heterocycles. The summed E-state index contributed by atoms with van der Waals surface area (Å²) in [5, 5.41) is 1.78. The first-order valence-corrected chi connectivity index (χ1v) is 10.8. The summed E-state index contributed by atoms with van der Waals surface area (Å²) in [6, 6.07) is 7.79. The summed E-state index contributed by atoms with van der Waals surface area (Å²) in [7, 11) is 0.